The lowest BCUT2D eigenvalue weighted by atomic mass is 10.1. The van der Waals surface area contributed by atoms with Crippen molar-refractivity contribution in [2.75, 3.05) is 52.5 Å². The summed E-state index contributed by atoms with van der Waals surface area (Å²) in [7, 11) is 0. The van der Waals surface area contributed by atoms with Crippen LogP contribution in [-0.2, 0) is 14.3 Å². The van der Waals surface area contributed by atoms with Crippen LogP contribution in [0.2, 0.25) is 0 Å². The number of aromatic amines is 1. The number of halogens is 3. The number of hydroxylamine groups is 2. The van der Waals surface area contributed by atoms with Gasteiger partial charge in [0.1, 0.15) is 18.3 Å². The molecule has 0 aliphatic carbocycles. The first-order chi connectivity index (χ1) is 15.8. The minimum Gasteiger partial charge on any atom is -0.394 e. The molecule has 1 aliphatic rings. The van der Waals surface area contributed by atoms with E-state index >= 15 is 0 Å². The molecule has 0 spiro atoms. The first-order valence-electron chi connectivity index (χ1n) is 11.8. The summed E-state index contributed by atoms with van der Waals surface area (Å²) in [5.74, 6) is 0. The van der Waals surface area contributed by atoms with Gasteiger partial charge in [0.2, 0.25) is 0 Å². The molecule has 0 bridgehead atoms. The first kappa shape index (κ1) is 38.7. The van der Waals surface area contributed by atoms with Crippen LogP contribution in [0.4, 0.5) is 14.1 Å². The van der Waals surface area contributed by atoms with E-state index in [-0.39, 0.29) is 27.3 Å². The number of nitrogens with one attached hydrogen (secondary N) is 1. The third kappa shape index (κ3) is 11.1. The number of aliphatic hydroxyl groups excluding tert-OH is 2. The molecule has 11 nitrogen and oxygen atoms in total. The molecule has 216 valence electrons. The van der Waals surface area contributed by atoms with Gasteiger partial charge in [0.25, 0.3) is 5.56 Å². The number of ether oxygens (including phenoxy) is 2. The lowest BCUT2D eigenvalue weighted by Gasteiger charge is -2.23. The second kappa shape index (κ2) is 20.3. The van der Waals surface area contributed by atoms with E-state index in [4.69, 9.17) is 14.3 Å². The monoisotopic (exact) mass is 534 g/mol. The van der Waals surface area contributed by atoms with E-state index in [2.05, 4.69) is 30.7 Å². The molecule has 2 heterocycles. The standard InChI is InChI=1S/C16H27N3O7.C6H15N.3FH/c1-4-18(5-2)25-7-6-24-13-12(21)11(9-20)26-15(13)19-8-10(3)14(22)17-16(19)23;1-4-7(5-2)6-3;;;/h8,11-13,15,20-21H,4-7,9H2,1-3H3,(H,17,22,23);4-6H2,1-3H3;3*1H/t11-,12-,13-,15-;;;;/m1..../s1. The number of rotatable bonds is 12. The van der Waals surface area contributed by atoms with Gasteiger partial charge in [-0.15, -0.1) is 0 Å². The molecule has 0 radical (unpaired) electrons. The lowest BCUT2D eigenvalue weighted by molar-refractivity contribution is -0.174. The third-order valence-electron chi connectivity index (χ3n) is 5.63. The van der Waals surface area contributed by atoms with Gasteiger partial charge in [-0.2, -0.15) is 5.06 Å². The van der Waals surface area contributed by atoms with Crippen LogP contribution in [0.15, 0.2) is 15.8 Å². The van der Waals surface area contributed by atoms with Crippen LogP contribution < -0.4 is 11.2 Å². The number of hydrogen-bond acceptors (Lipinski definition) is 9. The molecular formula is C22H45F3N4O7. The van der Waals surface area contributed by atoms with Crippen LogP contribution in [0, 0.1) is 6.92 Å². The molecule has 3 N–H and O–H groups in total. The zero-order valence-corrected chi connectivity index (χ0v) is 22.0. The maximum absolute atomic E-state index is 12.1. The van der Waals surface area contributed by atoms with Crippen molar-refractivity contribution >= 4 is 0 Å². The summed E-state index contributed by atoms with van der Waals surface area (Å²) < 4.78 is 12.4. The molecule has 0 unspecified atom stereocenters. The van der Waals surface area contributed by atoms with Gasteiger partial charge in [-0.1, -0.05) is 34.6 Å². The quantitative estimate of drug-likeness (QED) is 0.260. The Kier molecular flexibility index (Phi) is 21.8. The van der Waals surface area contributed by atoms with E-state index in [0.29, 0.717) is 5.56 Å². The molecule has 1 aromatic rings. The Morgan fingerprint density at radius 3 is 2.00 bits per heavy atom. The Labute approximate surface area is 210 Å². The van der Waals surface area contributed by atoms with Gasteiger partial charge >= 0.3 is 5.69 Å². The smallest absolute Gasteiger partial charge is 0.330 e. The molecule has 1 aromatic heterocycles. The molecule has 1 fully saturated rings. The number of H-pyrrole nitrogens is 1. The van der Waals surface area contributed by atoms with Crippen molar-refractivity contribution in [1.29, 1.82) is 0 Å². The van der Waals surface area contributed by atoms with Crippen molar-refractivity contribution in [3.63, 3.8) is 0 Å². The molecule has 14 heteroatoms. The molecular weight excluding hydrogens is 489 g/mol. The van der Waals surface area contributed by atoms with Crippen LogP contribution in [0.3, 0.4) is 0 Å². The minimum atomic E-state index is -1.13. The molecule has 1 saturated heterocycles. The van der Waals surface area contributed by atoms with Gasteiger partial charge < -0.3 is 24.6 Å². The Hall–Kier alpha value is -1.81. The highest BCUT2D eigenvalue weighted by Gasteiger charge is 2.45. The van der Waals surface area contributed by atoms with E-state index in [1.807, 2.05) is 13.8 Å². The summed E-state index contributed by atoms with van der Waals surface area (Å²) in [6.45, 7) is 17.1. The van der Waals surface area contributed by atoms with Crippen molar-refractivity contribution in [3.05, 3.63) is 32.6 Å². The van der Waals surface area contributed by atoms with Crippen molar-refractivity contribution in [1.82, 2.24) is 19.5 Å². The summed E-state index contributed by atoms with van der Waals surface area (Å²) in [4.78, 5) is 33.7. The van der Waals surface area contributed by atoms with E-state index < -0.39 is 42.4 Å². The number of nitrogens with zero attached hydrogens (tertiary/aromatic N) is 3. The second-order valence-corrected chi connectivity index (χ2v) is 7.62. The van der Waals surface area contributed by atoms with Crippen LogP contribution in [-0.4, -0.2) is 101 Å². The van der Waals surface area contributed by atoms with E-state index in [0.717, 1.165) is 17.7 Å². The molecule has 2 rings (SSSR count). The van der Waals surface area contributed by atoms with Gasteiger partial charge in [-0.05, 0) is 26.6 Å². The predicted molar refractivity (Wildman–Crippen MR) is 133 cm³/mol. The average Bonchev–Trinajstić information content (AvgIpc) is 3.13. The Balaban J connectivity index is -0.000000959. The minimum absolute atomic E-state index is 0. The summed E-state index contributed by atoms with van der Waals surface area (Å²) in [5, 5.41) is 21.5. The fraction of sp³-hybridized carbons (Fsp3) is 0.818. The van der Waals surface area contributed by atoms with Gasteiger partial charge in [0.15, 0.2) is 6.23 Å². The zero-order valence-electron chi connectivity index (χ0n) is 22.0. The van der Waals surface area contributed by atoms with Gasteiger partial charge in [-0.25, -0.2) is 4.79 Å². The number of aryl methyl sites for hydroxylation is 1. The maximum atomic E-state index is 12.1. The molecule has 1 aliphatic heterocycles. The number of aliphatic hydroxyl groups is 2. The highest BCUT2D eigenvalue weighted by atomic mass is 19.0. The zero-order chi connectivity index (χ0) is 25.0. The normalized spacial score (nSPS) is 20.7. The van der Waals surface area contributed by atoms with Crippen molar-refractivity contribution in [2.45, 2.75) is 66.1 Å². The fourth-order valence-electron chi connectivity index (χ4n) is 3.48. The van der Waals surface area contributed by atoms with Crippen molar-refractivity contribution in [2.24, 2.45) is 0 Å². The predicted octanol–water partition coefficient (Wildman–Crippen LogP) is 0.560. The maximum Gasteiger partial charge on any atom is 0.330 e. The number of hydrogen-bond donors (Lipinski definition) is 3. The molecule has 4 atom stereocenters. The molecule has 0 amide bonds. The lowest BCUT2D eigenvalue weighted by Crippen LogP contribution is -2.40. The third-order valence-corrected chi connectivity index (χ3v) is 5.63. The van der Waals surface area contributed by atoms with Gasteiger partial charge in [-0.3, -0.25) is 33.3 Å². The SMILES string of the molecule is CCN(CC)CC.CCN(CC)OCCO[C@@H]1[C@H](O)[C@@H](CO)O[C@H]1n1cc(C)c(=O)[nH]c1=O.F.F.F. The summed E-state index contributed by atoms with van der Waals surface area (Å²) in [6.07, 6.45) is -2.54. The molecule has 0 saturated carbocycles. The van der Waals surface area contributed by atoms with Crippen LogP contribution in [0.1, 0.15) is 46.4 Å². The van der Waals surface area contributed by atoms with Crippen molar-refractivity contribution < 1.29 is 38.6 Å². The van der Waals surface area contributed by atoms with E-state index in [9.17, 15) is 19.8 Å². The Bertz CT molecular complexity index is 786. The second-order valence-electron chi connectivity index (χ2n) is 7.62. The van der Waals surface area contributed by atoms with Crippen LogP contribution in [0.25, 0.3) is 0 Å². The van der Waals surface area contributed by atoms with Crippen LogP contribution >= 0.6 is 0 Å². The number of aromatic nitrogens is 2. The fourth-order valence-corrected chi connectivity index (χ4v) is 3.48. The first-order valence-corrected chi connectivity index (χ1v) is 11.8. The summed E-state index contributed by atoms with van der Waals surface area (Å²) >= 11 is 0. The van der Waals surface area contributed by atoms with Crippen molar-refractivity contribution in [3.8, 4) is 0 Å². The average molecular weight is 535 g/mol. The summed E-state index contributed by atoms with van der Waals surface area (Å²) in [5.41, 5.74) is -0.850. The van der Waals surface area contributed by atoms with Gasteiger partial charge in [0.05, 0.1) is 19.8 Å². The topological polar surface area (TPSA) is 129 Å². The van der Waals surface area contributed by atoms with Crippen LogP contribution in [0.5, 0.6) is 0 Å². The highest BCUT2D eigenvalue weighted by molar-refractivity contribution is 5.03. The van der Waals surface area contributed by atoms with E-state index in [1.54, 1.807) is 12.0 Å². The Morgan fingerprint density at radius 2 is 1.56 bits per heavy atom. The van der Waals surface area contributed by atoms with E-state index in [1.165, 1.54) is 25.8 Å². The largest absolute Gasteiger partial charge is 0.394 e. The summed E-state index contributed by atoms with van der Waals surface area (Å²) in [6, 6.07) is 0. The molecule has 36 heavy (non-hydrogen) atoms. The van der Waals surface area contributed by atoms with Gasteiger partial charge in [0, 0.05) is 24.8 Å². The molecule has 0 aromatic carbocycles. The highest BCUT2D eigenvalue weighted by Crippen LogP contribution is 2.30. The Morgan fingerprint density at radius 1 is 1.00 bits per heavy atom.